The van der Waals surface area contributed by atoms with Gasteiger partial charge in [-0.3, -0.25) is 4.79 Å². The van der Waals surface area contributed by atoms with Crippen LogP contribution in [0.25, 0.3) is 0 Å². The van der Waals surface area contributed by atoms with E-state index in [0.29, 0.717) is 17.6 Å². The van der Waals surface area contributed by atoms with Crippen molar-refractivity contribution >= 4 is 17.9 Å². The third-order valence-electron chi connectivity index (χ3n) is 5.17. The SMILES string of the molecule is C=C1C(=O)O[C@@H]2C=C(C)[C@H](OC(C)=O)CC=C(CO)C[C@@H](OC(=O)C(C)=CCO)[C@@H]12. The van der Waals surface area contributed by atoms with E-state index in [-0.39, 0.29) is 30.8 Å². The molecule has 0 aromatic carbocycles. The molecule has 1 heterocycles. The van der Waals surface area contributed by atoms with Gasteiger partial charge in [0, 0.05) is 30.9 Å². The maximum absolute atomic E-state index is 12.5. The van der Waals surface area contributed by atoms with Gasteiger partial charge in [0.15, 0.2) is 0 Å². The Hall–Kier alpha value is -2.71. The fourth-order valence-corrected chi connectivity index (χ4v) is 3.51. The average molecular weight is 420 g/mol. The number of ether oxygens (including phenoxy) is 3. The van der Waals surface area contributed by atoms with Gasteiger partial charge in [0.25, 0.3) is 0 Å². The second-order valence-electron chi connectivity index (χ2n) is 7.40. The highest BCUT2D eigenvalue weighted by Gasteiger charge is 2.45. The molecular weight excluding hydrogens is 392 g/mol. The Morgan fingerprint density at radius 1 is 1.30 bits per heavy atom. The lowest BCUT2D eigenvalue weighted by molar-refractivity contribution is -0.148. The molecule has 0 aromatic rings. The summed E-state index contributed by atoms with van der Waals surface area (Å²) in [6.45, 7) is 7.77. The Bertz CT molecular complexity index is 804. The molecule has 30 heavy (non-hydrogen) atoms. The number of carbonyl (C=O) groups is 3. The first-order chi connectivity index (χ1) is 14.2. The molecule has 1 fully saturated rings. The van der Waals surface area contributed by atoms with Gasteiger partial charge in [-0.05, 0) is 37.1 Å². The predicted molar refractivity (Wildman–Crippen MR) is 107 cm³/mol. The topological polar surface area (TPSA) is 119 Å². The highest BCUT2D eigenvalue weighted by Crippen LogP contribution is 2.36. The molecule has 0 amide bonds. The third kappa shape index (κ3) is 5.67. The van der Waals surface area contributed by atoms with Crippen LogP contribution in [0, 0.1) is 5.92 Å². The number of fused-ring (bicyclic) bond motifs is 1. The van der Waals surface area contributed by atoms with Crippen molar-refractivity contribution < 1.29 is 38.8 Å². The molecule has 2 rings (SSSR count). The lowest BCUT2D eigenvalue weighted by Gasteiger charge is -2.29. The minimum absolute atomic E-state index is 0.144. The van der Waals surface area contributed by atoms with Crippen LogP contribution in [0.4, 0.5) is 0 Å². The monoisotopic (exact) mass is 420 g/mol. The number of esters is 3. The van der Waals surface area contributed by atoms with Gasteiger partial charge >= 0.3 is 17.9 Å². The maximum Gasteiger partial charge on any atom is 0.334 e. The quantitative estimate of drug-likeness (QED) is 0.297. The number of rotatable bonds is 5. The molecule has 0 aromatic heterocycles. The molecule has 2 N–H and O–H groups in total. The summed E-state index contributed by atoms with van der Waals surface area (Å²) in [5, 5.41) is 18.8. The molecule has 0 bridgehead atoms. The lowest BCUT2D eigenvalue weighted by Crippen LogP contribution is -2.34. The van der Waals surface area contributed by atoms with Crippen LogP contribution in [0.3, 0.4) is 0 Å². The first kappa shape index (κ1) is 23.6. The number of carbonyl (C=O) groups excluding carboxylic acids is 3. The summed E-state index contributed by atoms with van der Waals surface area (Å²) in [5.41, 5.74) is 1.61. The molecule has 0 spiro atoms. The van der Waals surface area contributed by atoms with Crippen molar-refractivity contribution in [3.8, 4) is 0 Å². The Balaban J connectivity index is 2.46. The fraction of sp³-hybridized carbons (Fsp3) is 0.500. The normalized spacial score (nSPS) is 27.4. The summed E-state index contributed by atoms with van der Waals surface area (Å²) in [4.78, 5) is 36.2. The van der Waals surface area contributed by atoms with Crippen LogP contribution in [0.5, 0.6) is 0 Å². The van der Waals surface area contributed by atoms with E-state index in [1.165, 1.54) is 19.9 Å². The molecule has 1 aliphatic carbocycles. The van der Waals surface area contributed by atoms with Crippen molar-refractivity contribution in [1.29, 1.82) is 0 Å². The van der Waals surface area contributed by atoms with Crippen molar-refractivity contribution in [2.24, 2.45) is 5.92 Å². The molecule has 8 nitrogen and oxygen atoms in total. The van der Waals surface area contributed by atoms with E-state index in [4.69, 9.17) is 19.3 Å². The molecule has 1 saturated heterocycles. The molecular formula is C22H28O8. The molecule has 164 valence electrons. The van der Waals surface area contributed by atoms with Gasteiger partial charge < -0.3 is 24.4 Å². The van der Waals surface area contributed by atoms with Gasteiger partial charge in [0.05, 0.1) is 19.1 Å². The van der Waals surface area contributed by atoms with Gasteiger partial charge in [0.2, 0.25) is 0 Å². The first-order valence-electron chi connectivity index (χ1n) is 9.70. The van der Waals surface area contributed by atoms with Crippen LogP contribution in [0.1, 0.15) is 33.6 Å². The van der Waals surface area contributed by atoms with E-state index in [9.17, 15) is 19.5 Å². The Labute approximate surface area is 175 Å². The van der Waals surface area contributed by atoms with Gasteiger partial charge in [0.1, 0.15) is 18.3 Å². The number of aliphatic hydroxyl groups is 2. The van der Waals surface area contributed by atoms with Crippen LogP contribution in [-0.2, 0) is 28.6 Å². The van der Waals surface area contributed by atoms with Gasteiger partial charge in [-0.2, -0.15) is 0 Å². The summed E-state index contributed by atoms with van der Waals surface area (Å²) in [6, 6.07) is 0. The van der Waals surface area contributed by atoms with Crippen LogP contribution >= 0.6 is 0 Å². The molecule has 8 heteroatoms. The van der Waals surface area contributed by atoms with Crippen molar-refractivity contribution in [2.75, 3.05) is 13.2 Å². The third-order valence-corrected chi connectivity index (χ3v) is 5.17. The van der Waals surface area contributed by atoms with Gasteiger partial charge in [-0.15, -0.1) is 0 Å². The van der Waals surface area contributed by atoms with Crippen molar-refractivity contribution in [3.63, 3.8) is 0 Å². The number of hydrogen-bond donors (Lipinski definition) is 2. The average Bonchev–Trinajstić information content (AvgIpc) is 2.95. The smallest absolute Gasteiger partial charge is 0.334 e. The van der Waals surface area contributed by atoms with Crippen molar-refractivity contribution in [3.05, 3.63) is 47.1 Å². The second-order valence-corrected chi connectivity index (χ2v) is 7.40. The largest absolute Gasteiger partial charge is 0.458 e. The summed E-state index contributed by atoms with van der Waals surface area (Å²) >= 11 is 0. The number of aliphatic hydroxyl groups excluding tert-OH is 2. The highest BCUT2D eigenvalue weighted by atomic mass is 16.6. The zero-order valence-electron chi connectivity index (χ0n) is 17.4. The molecule has 0 saturated carbocycles. The minimum atomic E-state index is -0.823. The van der Waals surface area contributed by atoms with E-state index in [0.717, 1.165) is 0 Å². The van der Waals surface area contributed by atoms with Crippen LogP contribution in [0.2, 0.25) is 0 Å². The molecule has 1 aliphatic heterocycles. The first-order valence-corrected chi connectivity index (χ1v) is 9.70. The standard InChI is InChI=1S/C22H28O8/c1-12(7-8-23)21(26)29-19-10-16(11-24)5-6-17(28-15(4)25)13(2)9-18-20(19)14(3)22(27)30-18/h5,7,9,17-20,23-24H,3,6,8,10-11H2,1-2,4H3/t17-,18-,19-,20+/m1/s1. The summed E-state index contributed by atoms with van der Waals surface area (Å²) in [5.74, 6) is -2.38. The maximum atomic E-state index is 12.5. The Morgan fingerprint density at radius 3 is 2.60 bits per heavy atom. The second kappa shape index (κ2) is 10.4. The van der Waals surface area contributed by atoms with E-state index in [2.05, 4.69) is 6.58 Å². The molecule has 0 unspecified atom stereocenters. The zero-order valence-corrected chi connectivity index (χ0v) is 17.4. The number of hydrogen-bond acceptors (Lipinski definition) is 8. The lowest BCUT2D eigenvalue weighted by atomic mass is 9.85. The zero-order chi connectivity index (χ0) is 22.4. The van der Waals surface area contributed by atoms with Crippen LogP contribution < -0.4 is 0 Å². The molecule has 0 radical (unpaired) electrons. The molecule has 2 aliphatic rings. The van der Waals surface area contributed by atoms with Gasteiger partial charge in [-0.25, -0.2) is 9.59 Å². The van der Waals surface area contributed by atoms with E-state index < -0.39 is 42.1 Å². The highest BCUT2D eigenvalue weighted by molar-refractivity contribution is 5.92. The summed E-state index contributed by atoms with van der Waals surface area (Å²) in [7, 11) is 0. The predicted octanol–water partition coefficient (Wildman–Crippen LogP) is 1.53. The Kier molecular flexibility index (Phi) is 8.14. The Morgan fingerprint density at radius 2 is 2.00 bits per heavy atom. The van der Waals surface area contributed by atoms with Crippen LogP contribution in [0.15, 0.2) is 47.1 Å². The minimum Gasteiger partial charge on any atom is -0.458 e. The fourth-order valence-electron chi connectivity index (χ4n) is 3.51. The van der Waals surface area contributed by atoms with Crippen LogP contribution in [-0.4, -0.2) is 59.6 Å². The molecule has 4 atom stereocenters. The van der Waals surface area contributed by atoms with E-state index in [1.807, 2.05) is 0 Å². The van der Waals surface area contributed by atoms with Gasteiger partial charge in [-0.1, -0.05) is 12.7 Å². The van der Waals surface area contributed by atoms with Crippen molar-refractivity contribution in [1.82, 2.24) is 0 Å². The van der Waals surface area contributed by atoms with Crippen molar-refractivity contribution in [2.45, 2.75) is 51.9 Å². The van der Waals surface area contributed by atoms with E-state index in [1.54, 1.807) is 19.1 Å². The summed E-state index contributed by atoms with van der Waals surface area (Å²) in [6.07, 6.45) is 3.04. The van der Waals surface area contributed by atoms with E-state index >= 15 is 0 Å². The summed E-state index contributed by atoms with van der Waals surface area (Å²) < 4.78 is 16.5.